The van der Waals surface area contributed by atoms with Gasteiger partial charge in [-0.1, -0.05) is 0 Å². The molecule has 0 aliphatic heterocycles. The van der Waals surface area contributed by atoms with Gasteiger partial charge in [0.2, 0.25) is 0 Å². The van der Waals surface area contributed by atoms with E-state index in [2.05, 4.69) is 36.3 Å². The van der Waals surface area contributed by atoms with E-state index < -0.39 is 0 Å². The van der Waals surface area contributed by atoms with E-state index in [4.69, 9.17) is 0 Å². The van der Waals surface area contributed by atoms with Crippen molar-refractivity contribution >= 4 is 59.2 Å². The van der Waals surface area contributed by atoms with Gasteiger partial charge in [-0.2, -0.15) is 0 Å². The summed E-state index contributed by atoms with van der Waals surface area (Å²) >= 11 is 8.58. The molecule has 0 aliphatic carbocycles. The van der Waals surface area contributed by atoms with Crippen molar-refractivity contribution in [3.8, 4) is 0 Å². The van der Waals surface area contributed by atoms with Crippen LogP contribution in [0.2, 0.25) is 0 Å². The third kappa shape index (κ3) is 26.7. The van der Waals surface area contributed by atoms with Gasteiger partial charge in [0.05, 0.1) is 0 Å². The molecule has 0 aromatic rings. The summed E-state index contributed by atoms with van der Waals surface area (Å²) in [4.78, 5) is 0. The van der Waals surface area contributed by atoms with Crippen LogP contribution in [0.3, 0.4) is 0 Å². The maximum absolute atomic E-state index is 4.27. The first-order chi connectivity index (χ1) is 2.41. The zero-order chi connectivity index (χ0) is 4.71. The molecule has 2 radical (unpaired) electrons. The van der Waals surface area contributed by atoms with Crippen LogP contribution in [0.25, 0.3) is 0 Å². The summed E-state index contributed by atoms with van der Waals surface area (Å²) in [6.07, 6.45) is 0. The summed E-state index contributed by atoms with van der Waals surface area (Å²) in [6, 6.07) is 0. The molecular formula is Al2S3. The summed E-state index contributed by atoms with van der Waals surface area (Å²) in [5.74, 6) is 0. The van der Waals surface area contributed by atoms with E-state index in [0.717, 1.165) is 0 Å². The van der Waals surface area contributed by atoms with Gasteiger partial charge in [0.25, 0.3) is 0 Å². The van der Waals surface area contributed by atoms with E-state index in [-0.39, 0.29) is 0 Å². The first kappa shape index (κ1) is 9.87. The molecule has 0 atom stereocenters. The van der Waals surface area contributed by atoms with Crippen molar-refractivity contribution < 1.29 is 0 Å². The van der Waals surface area contributed by atoms with Crippen LogP contribution in [0.1, 0.15) is 0 Å². The molecule has 0 N–H and O–H groups in total. The molecule has 0 aromatic carbocycles. The molecule has 0 saturated heterocycles. The first-order valence-corrected chi connectivity index (χ1v) is 5.74. The van der Waals surface area contributed by atoms with E-state index in [1.165, 1.54) is 8.19 Å². The Bertz CT molecular complexity index is 34.2. The number of rotatable bonds is 0. The van der Waals surface area contributed by atoms with Crippen molar-refractivity contribution in [3.63, 3.8) is 0 Å². The van der Waals surface area contributed by atoms with E-state index in [1.807, 2.05) is 14.6 Å². The third-order valence-corrected chi connectivity index (χ3v) is 0. The summed E-state index contributed by atoms with van der Waals surface area (Å²) in [6.45, 7) is 0. The summed E-state index contributed by atoms with van der Waals surface area (Å²) in [5, 5.41) is 0. The second-order valence-electron chi connectivity index (χ2n) is 0.0962. The van der Waals surface area contributed by atoms with Gasteiger partial charge < -0.3 is 0 Å². The van der Waals surface area contributed by atoms with Gasteiger partial charge in [0.1, 0.15) is 0 Å². The van der Waals surface area contributed by atoms with Crippen molar-refractivity contribution in [1.82, 2.24) is 0 Å². The van der Waals surface area contributed by atoms with Crippen LogP contribution in [0.5, 0.6) is 0 Å². The molecule has 0 amide bonds. The Balaban J connectivity index is 0. The molecule has 0 bridgehead atoms. The van der Waals surface area contributed by atoms with Gasteiger partial charge in [-0.3, -0.25) is 0 Å². The van der Waals surface area contributed by atoms with E-state index in [9.17, 15) is 0 Å². The van der Waals surface area contributed by atoms with Crippen molar-refractivity contribution in [3.05, 3.63) is 0 Å². The SMILES string of the molecule is [Al]=[S].[Al]=[S]=S. The average molecular weight is 150 g/mol. The van der Waals surface area contributed by atoms with Crippen molar-refractivity contribution in [2.75, 3.05) is 0 Å². The molecule has 5 heavy (non-hydrogen) atoms. The monoisotopic (exact) mass is 150 g/mol. The van der Waals surface area contributed by atoms with Gasteiger partial charge in [0, 0.05) is 0 Å². The molecule has 0 aromatic heterocycles. The van der Waals surface area contributed by atoms with Gasteiger partial charge in [-0.15, -0.1) is 0 Å². The van der Waals surface area contributed by atoms with Crippen LogP contribution < -0.4 is 0 Å². The Kier molecular flexibility index (Phi) is 34.0. The number of hydrogen-bond donors (Lipinski definition) is 0. The van der Waals surface area contributed by atoms with Gasteiger partial charge >= 0.3 is 59.2 Å². The minimum atomic E-state index is 1.25. The zero-order valence-electron chi connectivity index (χ0n) is 2.38. The first-order valence-electron chi connectivity index (χ1n) is 0.638. The molecule has 0 saturated carbocycles. The molecule has 0 spiro atoms. The quantitative estimate of drug-likeness (QED) is 0.442. The Morgan fingerprint density at radius 1 is 1.40 bits per heavy atom. The molecular weight excluding hydrogens is 150 g/mol. The average Bonchev–Trinajstić information content (AvgIpc) is 1.46. The Hall–Kier alpha value is 1.72. The van der Waals surface area contributed by atoms with E-state index in [1.54, 1.807) is 0 Å². The fourth-order valence-electron chi connectivity index (χ4n) is 0. The van der Waals surface area contributed by atoms with Gasteiger partial charge in [-0.25, -0.2) is 0 Å². The molecule has 0 aliphatic rings. The molecule has 0 fully saturated rings. The molecule has 0 nitrogen and oxygen atoms in total. The Morgan fingerprint density at radius 3 is 1.40 bits per heavy atom. The molecule has 0 rings (SSSR count). The van der Waals surface area contributed by atoms with Crippen molar-refractivity contribution in [1.29, 1.82) is 0 Å². The van der Waals surface area contributed by atoms with Gasteiger partial charge in [0.15, 0.2) is 0 Å². The topological polar surface area (TPSA) is 0 Å². The second-order valence-corrected chi connectivity index (χ2v) is 2.60. The second kappa shape index (κ2) is 17.2. The molecule has 0 heterocycles. The summed E-state index contributed by atoms with van der Waals surface area (Å²) in [7, 11) is 5.25. The van der Waals surface area contributed by atoms with Crippen LogP contribution in [-0.4, -0.2) is 29.3 Å². The summed E-state index contributed by atoms with van der Waals surface area (Å²) < 4.78 is 0. The van der Waals surface area contributed by atoms with Crippen LogP contribution in [-0.2, 0) is 19.4 Å². The predicted octanol–water partition coefficient (Wildman–Crippen LogP) is -0.118. The van der Waals surface area contributed by atoms with E-state index >= 15 is 0 Å². The standard InChI is InChI=1S/2Al.S2.S/c;;1-2;. The summed E-state index contributed by atoms with van der Waals surface area (Å²) in [5.41, 5.74) is 0. The minimum absolute atomic E-state index is 1.25. The normalized spacial score (nSPS) is 2.80. The van der Waals surface area contributed by atoms with Crippen LogP contribution in [0.4, 0.5) is 0 Å². The van der Waals surface area contributed by atoms with Gasteiger partial charge in [-0.05, 0) is 0 Å². The number of hydrogen-bond acceptors (Lipinski definition) is 2. The Labute approximate surface area is 58.7 Å². The van der Waals surface area contributed by atoms with Crippen molar-refractivity contribution in [2.45, 2.75) is 0 Å². The van der Waals surface area contributed by atoms with Crippen LogP contribution in [0.15, 0.2) is 0 Å². The third-order valence-electron chi connectivity index (χ3n) is 0. The predicted molar refractivity (Wildman–Crippen MR) is 33.8 cm³/mol. The fourth-order valence-corrected chi connectivity index (χ4v) is 0. The van der Waals surface area contributed by atoms with Crippen molar-refractivity contribution in [2.24, 2.45) is 0 Å². The van der Waals surface area contributed by atoms with Crippen LogP contribution in [0, 0.1) is 0 Å². The molecule has 0 unspecified atom stereocenters. The molecule has 24 valence electrons. The maximum atomic E-state index is 4.27. The van der Waals surface area contributed by atoms with Crippen LogP contribution >= 0.6 is 10.5 Å². The molecule has 5 heteroatoms. The Morgan fingerprint density at radius 2 is 1.40 bits per heavy atom. The fraction of sp³-hybridized carbons (Fsp3) is 0. The van der Waals surface area contributed by atoms with E-state index in [0.29, 0.717) is 0 Å². The zero-order valence-corrected chi connectivity index (χ0v) is 7.14.